The second kappa shape index (κ2) is 8.57. The van der Waals surface area contributed by atoms with Crippen molar-refractivity contribution in [3.05, 3.63) is 58.1 Å². The number of carbonyl (C=O) groups excluding carboxylic acids is 2. The third-order valence-electron chi connectivity index (χ3n) is 3.16. The van der Waals surface area contributed by atoms with Gasteiger partial charge in [0.05, 0.1) is 34.3 Å². The van der Waals surface area contributed by atoms with Crippen LogP contribution in [-0.4, -0.2) is 25.5 Å². The van der Waals surface area contributed by atoms with Crippen LogP contribution in [0.4, 0.5) is 5.69 Å². The first kappa shape index (κ1) is 18.1. The Morgan fingerprint density at radius 1 is 1.08 bits per heavy atom. The predicted molar refractivity (Wildman–Crippen MR) is 95.0 cm³/mol. The van der Waals surface area contributed by atoms with E-state index in [1.807, 2.05) is 0 Å². The fraction of sp³-hybridized carbons (Fsp3) is 0.176. The first-order chi connectivity index (χ1) is 11.5. The van der Waals surface area contributed by atoms with Crippen molar-refractivity contribution in [1.29, 1.82) is 0 Å². The minimum Gasteiger partial charge on any atom is -0.493 e. The lowest BCUT2D eigenvalue weighted by atomic mass is 10.1. The zero-order chi connectivity index (χ0) is 17.5. The van der Waals surface area contributed by atoms with E-state index < -0.39 is 0 Å². The van der Waals surface area contributed by atoms with Crippen molar-refractivity contribution in [3.8, 4) is 5.75 Å². The molecular weight excluding hydrogens is 351 g/mol. The first-order valence-corrected chi connectivity index (χ1v) is 7.95. The molecule has 2 N–H and O–H groups in total. The van der Waals surface area contributed by atoms with Crippen molar-refractivity contribution in [3.63, 3.8) is 0 Å². The van der Waals surface area contributed by atoms with Crippen molar-refractivity contribution in [2.75, 3.05) is 19.0 Å². The maximum Gasteiger partial charge on any atom is 0.253 e. The predicted octanol–water partition coefficient (Wildman–Crippen LogP) is 3.76. The molecule has 2 amide bonds. The Hall–Kier alpha value is -2.24. The smallest absolute Gasteiger partial charge is 0.253 e. The fourth-order valence-corrected chi connectivity index (χ4v) is 2.25. The molecule has 126 valence electrons. The van der Waals surface area contributed by atoms with Crippen molar-refractivity contribution in [2.24, 2.45) is 0 Å². The van der Waals surface area contributed by atoms with Crippen LogP contribution < -0.4 is 15.4 Å². The molecule has 0 aliphatic heterocycles. The van der Waals surface area contributed by atoms with Gasteiger partial charge in [0, 0.05) is 13.1 Å². The van der Waals surface area contributed by atoms with Gasteiger partial charge in [0.1, 0.15) is 5.75 Å². The summed E-state index contributed by atoms with van der Waals surface area (Å²) < 4.78 is 5.47. The van der Waals surface area contributed by atoms with Crippen molar-refractivity contribution in [2.45, 2.75) is 6.42 Å². The summed E-state index contributed by atoms with van der Waals surface area (Å²) in [6, 6.07) is 11.7. The Labute approximate surface area is 149 Å². The van der Waals surface area contributed by atoms with Gasteiger partial charge < -0.3 is 15.4 Å². The van der Waals surface area contributed by atoms with Gasteiger partial charge in [-0.3, -0.25) is 9.59 Å². The minimum absolute atomic E-state index is 0.127. The van der Waals surface area contributed by atoms with Gasteiger partial charge in [-0.15, -0.1) is 0 Å². The minimum atomic E-state index is -0.266. The summed E-state index contributed by atoms with van der Waals surface area (Å²) in [4.78, 5) is 23.8. The van der Waals surface area contributed by atoms with Crippen LogP contribution >= 0.6 is 23.2 Å². The number of carbonyl (C=O) groups is 2. The van der Waals surface area contributed by atoms with E-state index in [1.54, 1.807) is 42.5 Å². The Morgan fingerprint density at radius 2 is 1.83 bits per heavy atom. The number of para-hydroxylation sites is 1. The third kappa shape index (κ3) is 4.88. The summed E-state index contributed by atoms with van der Waals surface area (Å²) in [5, 5.41) is 6.06. The standard InChI is InChI=1S/C17H16Cl2N2O3/c1-20-17(23)12-4-2-3-5-15(12)21-16(22)8-9-24-11-6-7-13(18)14(19)10-11/h2-7,10H,8-9H2,1H3,(H,20,23)(H,21,22). The molecule has 0 spiro atoms. The molecule has 0 aliphatic carbocycles. The van der Waals surface area contributed by atoms with E-state index in [0.717, 1.165) is 0 Å². The average molecular weight is 367 g/mol. The summed E-state index contributed by atoms with van der Waals surface area (Å²) in [6.45, 7) is 0.173. The number of hydrogen-bond acceptors (Lipinski definition) is 3. The van der Waals surface area contributed by atoms with E-state index in [1.165, 1.54) is 7.05 Å². The van der Waals surface area contributed by atoms with Crippen LogP contribution in [0.5, 0.6) is 5.75 Å². The highest BCUT2D eigenvalue weighted by Gasteiger charge is 2.11. The highest BCUT2D eigenvalue weighted by Crippen LogP contribution is 2.26. The van der Waals surface area contributed by atoms with Crippen LogP contribution in [0.15, 0.2) is 42.5 Å². The highest BCUT2D eigenvalue weighted by molar-refractivity contribution is 6.42. The van der Waals surface area contributed by atoms with Crippen LogP contribution in [0.2, 0.25) is 10.0 Å². The summed E-state index contributed by atoms with van der Waals surface area (Å²) in [5.74, 6) is 0.00679. The van der Waals surface area contributed by atoms with Gasteiger partial charge >= 0.3 is 0 Å². The second-order valence-electron chi connectivity index (χ2n) is 4.85. The lowest BCUT2D eigenvalue weighted by Gasteiger charge is -2.11. The molecule has 5 nitrogen and oxygen atoms in total. The highest BCUT2D eigenvalue weighted by atomic mass is 35.5. The molecule has 2 rings (SSSR count). The molecule has 0 atom stereocenters. The largest absolute Gasteiger partial charge is 0.493 e. The van der Waals surface area contributed by atoms with Gasteiger partial charge in [0.25, 0.3) is 5.91 Å². The van der Waals surface area contributed by atoms with E-state index in [-0.39, 0.29) is 24.8 Å². The molecule has 7 heteroatoms. The molecule has 24 heavy (non-hydrogen) atoms. The van der Waals surface area contributed by atoms with E-state index in [2.05, 4.69) is 10.6 Å². The summed E-state index contributed by atoms with van der Waals surface area (Å²) in [5.41, 5.74) is 0.857. The van der Waals surface area contributed by atoms with Crippen LogP contribution in [0.1, 0.15) is 16.8 Å². The van der Waals surface area contributed by atoms with E-state index in [9.17, 15) is 9.59 Å². The molecule has 0 heterocycles. The normalized spacial score (nSPS) is 10.1. The summed E-state index contributed by atoms with van der Waals surface area (Å²) in [7, 11) is 1.53. The average Bonchev–Trinajstić information content (AvgIpc) is 2.58. The molecule has 0 aromatic heterocycles. The van der Waals surface area contributed by atoms with Crippen molar-refractivity contribution < 1.29 is 14.3 Å². The Balaban J connectivity index is 1.90. The monoisotopic (exact) mass is 366 g/mol. The molecule has 0 aliphatic rings. The summed E-state index contributed by atoms with van der Waals surface area (Å²) >= 11 is 11.7. The molecule has 0 fully saturated rings. The Morgan fingerprint density at radius 3 is 2.54 bits per heavy atom. The Bertz CT molecular complexity index is 750. The van der Waals surface area contributed by atoms with Crippen LogP contribution in [0, 0.1) is 0 Å². The number of amides is 2. The molecule has 0 radical (unpaired) electrons. The number of anilines is 1. The van der Waals surface area contributed by atoms with Gasteiger partial charge in [-0.2, -0.15) is 0 Å². The van der Waals surface area contributed by atoms with E-state index in [0.29, 0.717) is 27.0 Å². The van der Waals surface area contributed by atoms with Crippen LogP contribution in [-0.2, 0) is 4.79 Å². The second-order valence-corrected chi connectivity index (χ2v) is 5.66. The van der Waals surface area contributed by atoms with Gasteiger partial charge in [0.2, 0.25) is 5.91 Å². The van der Waals surface area contributed by atoms with Gasteiger partial charge in [0.15, 0.2) is 0 Å². The number of hydrogen-bond donors (Lipinski definition) is 2. The van der Waals surface area contributed by atoms with Crippen LogP contribution in [0.3, 0.4) is 0 Å². The molecule has 0 saturated carbocycles. The molecule has 0 bridgehead atoms. The number of ether oxygens (including phenoxy) is 1. The Kier molecular flexibility index (Phi) is 6.46. The maximum atomic E-state index is 12.0. The first-order valence-electron chi connectivity index (χ1n) is 7.20. The molecule has 2 aromatic carbocycles. The fourth-order valence-electron chi connectivity index (χ4n) is 1.97. The number of rotatable bonds is 6. The zero-order valence-electron chi connectivity index (χ0n) is 12.9. The molecule has 0 saturated heterocycles. The number of nitrogens with one attached hydrogen (secondary N) is 2. The zero-order valence-corrected chi connectivity index (χ0v) is 14.4. The molecule has 0 unspecified atom stereocenters. The van der Waals surface area contributed by atoms with Crippen molar-refractivity contribution in [1.82, 2.24) is 5.32 Å². The number of benzene rings is 2. The molecule has 2 aromatic rings. The number of halogens is 2. The topological polar surface area (TPSA) is 67.4 Å². The SMILES string of the molecule is CNC(=O)c1ccccc1NC(=O)CCOc1ccc(Cl)c(Cl)c1. The lowest BCUT2D eigenvalue weighted by molar-refractivity contribution is -0.116. The third-order valence-corrected chi connectivity index (χ3v) is 3.90. The maximum absolute atomic E-state index is 12.0. The summed E-state index contributed by atoms with van der Waals surface area (Å²) in [6.07, 6.45) is 0.127. The van der Waals surface area contributed by atoms with Gasteiger partial charge in [-0.05, 0) is 24.3 Å². The van der Waals surface area contributed by atoms with E-state index in [4.69, 9.17) is 27.9 Å². The van der Waals surface area contributed by atoms with Crippen molar-refractivity contribution >= 4 is 40.7 Å². The quantitative estimate of drug-likeness (QED) is 0.817. The van der Waals surface area contributed by atoms with Gasteiger partial charge in [-0.1, -0.05) is 35.3 Å². The van der Waals surface area contributed by atoms with Gasteiger partial charge in [-0.25, -0.2) is 0 Å². The molecular formula is C17H16Cl2N2O3. The lowest BCUT2D eigenvalue weighted by Crippen LogP contribution is -2.22. The van der Waals surface area contributed by atoms with Crippen LogP contribution in [0.25, 0.3) is 0 Å². The van der Waals surface area contributed by atoms with E-state index >= 15 is 0 Å².